The van der Waals surface area contributed by atoms with Gasteiger partial charge >= 0.3 is 0 Å². The Morgan fingerprint density at radius 1 is 1.26 bits per heavy atom. The van der Waals surface area contributed by atoms with Gasteiger partial charge < -0.3 is 4.57 Å². The van der Waals surface area contributed by atoms with Crippen molar-refractivity contribution in [2.45, 2.75) is 31.8 Å². The van der Waals surface area contributed by atoms with Crippen LogP contribution < -0.4 is 0 Å². The molecule has 0 aliphatic carbocycles. The number of rotatable bonds is 0. The zero-order valence-corrected chi connectivity index (χ0v) is 10.8. The maximum atomic E-state index is 8.98. The fraction of sp³-hybridized carbons (Fsp3) is 0.467. The Labute approximate surface area is 112 Å². The maximum Gasteiger partial charge on any atom is 0.111 e. The van der Waals surface area contributed by atoms with Crippen LogP contribution in [0.1, 0.15) is 24.2 Å². The standard InChI is InChI=1S/C15H16N4/c16-10-11-3-4-14-13(8-11)17-15-9-12-2-1-5-18(12)6-7-19(14)15/h3-4,8,12H,1-2,5-7,9H2. The minimum absolute atomic E-state index is 0.675. The van der Waals surface area contributed by atoms with Gasteiger partial charge in [-0.1, -0.05) is 0 Å². The lowest BCUT2D eigenvalue weighted by Gasteiger charge is -2.20. The molecule has 3 heterocycles. The molecule has 0 amide bonds. The number of hydrogen-bond donors (Lipinski definition) is 0. The van der Waals surface area contributed by atoms with Crippen LogP contribution in [0.5, 0.6) is 0 Å². The van der Waals surface area contributed by atoms with E-state index in [0.29, 0.717) is 11.6 Å². The highest BCUT2D eigenvalue weighted by Crippen LogP contribution is 2.27. The first-order valence-corrected chi connectivity index (χ1v) is 6.98. The highest BCUT2D eigenvalue weighted by atomic mass is 15.2. The molecular formula is C15H16N4. The van der Waals surface area contributed by atoms with Crippen LogP contribution in [0, 0.1) is 11.3 Å². The topological polar surface area (TPSA) is 44.9 Å². The normalized spacial score (nSPS) is 22.8. The molecule has 4 rings (SSSR count). The summed E-state index contributed by atoms with van der Waals surface area (Å²) >= 11 is 0. The second-order valence-corrected chi connectivity index (χ2v) is 5.53. The Balaban J connectivity index is 1.82. The molecule has 0 bridgehead atoms. The van der Waals surface area contributed by atoms with E-state index in [1.165, 1.54) is 30.7 Å². The predicted octanol–water partition coefficient (Wildman–Crippen LogP) is 1.93. The molecule has 19 heavy (non-hydrogen) atoms. The smallest absolute Gasteiger partial charge is 0.111 e. The molecule has 4 nitrogen and oxygen atoms in total. The van der Waals surface area contributed by atoms with Crippen LogP contribution in [0.15, 0.2) is 18.2 Å². The Morgan fingerprint density at radius 2 is 2.21 bits per heavy atom. The number of nitrogens with zero attached hydrogens (tertiary/aromatic N) is 4. The average molecular weight is 252 g/mol. The van der Waals surface area contributed by atoms with E-state index in [1.54, 1.807) is 0 Å². The van der Waals surface area contributed by atoms with E-state index in [4.69, 9.17) is 10.2 Å². The lowest BCUT2D eigenvalue weighted by atomic mass is 10.1. The highest BCUT2D eigenvalue weighted by Gasteiger charge is 2.29. The van der Waals surface area contributed by atoms with Crippen molar-refractivity contribution in [1.82, 2.24) is 14.5 Å². The molecular weight excluding hydrogens is 236 g/mol. The average Bonchev–Trinajstić information content (AvgIpc) is 2.97. The third-order valence-corrected chi connectivity index (χ3v) is 4.48. The largest absolute Gasteiger partial charge is 0.327 e. The second kappa shape index (κ2) is 4.07. The quantitative estimate of drug-likeness (QED) is 0.719. The molecule has 96 valence electrons. The van der Waals surface area contributed by atoms with E-state index >= 15 is 0 Å². The minimum atomic E-state index is 0.675. The van der Waals surface area contributed by atoms with Crippen LogP contribution in [-0.2, 0) is 13.0 Å². The predicted molar refractivity (Wildman–Crippen MR) is 72.7 cm³/mol. The molecule has 1 aromatic carbocycles. The number of hydrogen-bond acceptors (Lipinski definition) is 3. The Hall–Kier alpha value is -1.86. The van der Waals surface area contributed by atoms with Gasteiger partial charge in [-0.05, 0) is 37.6 Å². The molecule has 1 fully saturated rings. The van der Waals surface area contributed by atoms with E-state index in [9.17, 15) is 0 Å². The molecule has 1 unspecified atom stereocenters. The maximum absolute atomic E-state index is 8.98. The Kier molecular flexibility index (Phi) is 2.36. The zero-order valence-electron chi connectivity index (χ0n) is 10.8. The van der Waals surface area contributed by atoms with E-state index in [0.717, 1.165) is 25.0 Å². The first kappa shape index (κ1) is 11.0. The molecule has 4 heteroatoms. The number of benzene rings is 1. The van der Waals surface area contributed by atoms with Gasteiger partial charge in [0.05, 0.1) is 22.7 Å². The minimum Gasteiger partial charge on any atom is -0.327 e. The van der Waals surface area contributed by atoms with Crippen molar-refractivity contribution in [3.63, 3.8) is 0 Å². The van der Waals surface area contributed by atoms with Gasteiger partial charge in [-0.2, -0.15) is 5.26 Å². The highest BCUT2D eigenvalue weighted by molar-refractivity contribution is 5.77. The van der Waals surface area contributed by atoms with Gasteiger partial charge in [0.2, 0.25) is 0 Å². The van der Waals surface area contributed by atoms with E-state index < -0.39 is 0 Å². The van der Waals surface area contributed by atoms with E-state index in [-0.39, 0.29) is 0 Å². The van der Waals surface area contributed by atoms with Gasteiger partial charge in [0.1, 0.15) is 5.82 Å². The summed E-state index contributed by atoms with van der Waals surface area (Å²) in [4.78, 5) is 7.37. The Morgan fingerprint density at radius 3 is 3.11 bits per heavy atom. The van der Waals surface area contributed by atoms with Crippen LogP contribution in [-0.4, -0.2) is 33.6 Å². The third kappa shape index (κ3) is 1.66. The molecule has 1 saturated heterocycles. The fourth-order valence-corrected chi connectivity index (χ4v) is 3.51. The number of imidazole rings is 1. The molecule has 2 aromatic rings. The first-order chi connectivity index (χ1) is 9.35. The molecule has 1 atom stereocenters. The van der Waals surface area contributed by atoms with Gasteiger partial charge in [-0.25, -0.2) is 4.98 Å². The van der Waals surface area contributed by atoms with Gasteiger partial charge in [0.25, 0.3) is 0 Å². The van der Waals surface area contributed by atoms with Gasteiger partial charge in [-0.3, -0.25) is 4.90 Å². The monoisotopic (exact) mass is 252 g/mol. The van der Waals surface area contributed by atoms with E-state index in [2.05, 4.69) is 15.5 Å². The summed E-state index contributed by atoms with van der Waals surface area (Å²) < 4.78 is 2.34. The number of aromatic nitrogens is 2. The summed E-state index contributed by atoms with van der Waals surface area (Å²) in [6.45, 7) is 3.39. The van der Waals surface area contributed by atoms with Crippen LogP contribution in [0.3, 0.4) is 0 Å². The SMILES string of the molecule is N#Cc1ccc2c(c1)nc1n2CCN2CCCC2C1. The third-order valence-electron chi connectivity index (χ3n) is 4.48. The van der Waals surface area contributed by atoms with Gasteiger partial charge in [0, 0.05) is 25.6 Å². The number of fused-ring (bicyclic) bond motifs is 4. The van der Waals surface area contributed by atoms with E-state index in [1.807, 2.05) is 18.2 Å². The molecule has 0 N–H and O–H groups in total. The lowest BCUT2D eigenvalue weighted by molar-refractivity contribution is 0.258. The zero-order chi connectivity index (χ0) is 12.8. The van der Waals surface area contributed by atoms with Crippen LogP contribution in [0.2, 0.25) is 0 Å². The van der Waals surface area contributed by atoms with Crippen LogP contribution in [0.25, 0.3) is 11.0 Å². The summed E-state index contributed by atoms with van der Waals surface area (Å²) in [5.41, 5.74) is 2.85. The lowest BCUT2D eigenvalue weighted by Crippen LogP contribution is -2.30. The van der Waals surface area contributed by atoms with Crippen molar-refractivity contribution in [1.29, 1.82) is 5.26 Å². The van der Waals surface area contributed by atoms with Crippen LogP contribution in [0.4, 0.5) is 0 Å². The molecule has 0 saturated carbocycles. The molecule has 0 radical (unpaired) electrons. The number of nitriles is 1. The molecule has 0 spiro atoms. The summed E-state index contributed by atoms with van der Waals surface area (Å²) in [5.74, 6) is 1.19. The van der Waals surface area contributed by atoms with Crippen molar-refractivity contribution in [2.24, 2.45) is 0 Å². The molecule has 2 aliphatic rings. The first-order valence-electron chi connectivity index (χ1n) is 6.98. The van der Waals surface area contributed by atoms with Crippen molar-refractivity contribution in [3.8, 4) is 6.07 Å². The summed E-state index contributed by atoms with van der Waals surface area (Å²) in [6, 6.07) is 8.71. The second-order valence-electron chi connectivity index (χ2n) is 5.53. The van der Waals surface area contributed by atoms with Crippen molar-refractivity contribution in [3.05, 3.63) is 29.6 Å². The summed E-state index contributed by atoms with van der Waals surface area (Å²) in [6.07, 6.45) is 3.67. The van der Waals surface area contributed by atoms with Crippen molar-refractivity contribution >= 4 is 11.0 Å². The molecule has 2 aliphatic heterocycles. The van der Waals surface area contributed by atoms with Crippen molar-refractivity contribution in [2.75, 3.05) is 13.1 Å². The van der Waals surface area contributed by atoms with Crippen LogP contribution >= 0.6 is 0 Å². The summed E-state index contributed by atoms with van der Waals surface area (Å²) in [5, 5.41) is 8.98. The summed E-state index contributed by atoms with van der Waals surface area (Å²) in [7, 11) is 0. The van der Waals surface area contributed by atoms with Gasteiger partial charge in [0.15, 0.2) is 0 Å². The fourth-order valence-electron chi connectivity index (χ4n) is 3.51. The molecule has 1 aromatic heterocycles. The van der Waals surface area contributed by atoms with Crippen molar-refractivity contribution < 1.29 is 0 Å². The van der Waals surface area contributed by atoms with Gasteiger partial charge in [-0.15, -0.1) is 0 Å². The Bertz CT molecular complexity index is 679.